The molecule has 0 aliphatic carbocycles. The molecule has 1 aliphatic rings. The van der Waals surface area contributed by atoms with Gasteiger partial charge in [0.1, 0.15) is 17.4 Å². The molecule has 0 radical (unpaired) electrons. The lowest BCUT2D eigenvalue weighted by molar-refractivity contribution is 0.326. The van der Waals surface area contributed by atoms with Crippen LogP contribution in [0, 0.1) is 17.6 Å². The molecule has 0 spiro atoms. The molecule has 4 heteroatoms. The second kappa shape index (κ2) is 9.64. The van der Waals surface area contributed by atoms with Gasteiger partial charge in [0.05, 0.1) is 18.0 Å². The van der Waals surface area contributed by atoms with E-state index in [9.17, 15) is 8.78 Å². The average molecular weight is 436 g/mol. The molecule has 0 fully saturated rings. The Balaban J connectivity index is 0.00000289. The van der Waals surface area contributed by atoms with E-state index in [1.54, 1.807) is 18.2 Å². The summed E-state index contributed by atoms with van der Waals surface area (Å²) >= 11 is 0. The van der Waals surface area contributed by atoms with Crippen molar-refractivity contribution in [2.45, 2.75) is 47.5 Å². The molecule has 2 heterocycles. The average Bonchev–Trinajstić information content (AvgIpc) is 2.90. The van der Waals surface area contributed by atoms with E-state index in [2.05, 4.69) is 39.8 Å². The largest absolute Gasteiger partial charge is 0.493 e. The molecule has 0 N–H and O–H groups in total. The summed E-state index contributed by atoms with van der Waals surface area (Å²) in [6, 6.07) is 11.1. The summed E-state index contributed by atoms with van der Waals surface area (Å²) in [5, 5.41) is 0. The molecule has 3 aromatic rings. The first-order valence-corrected chi connectivity index (χ1v) is 10.8. The zero-order valence-electron chi connectivity index (χ0n) is 18.4. The highest BCUT2D eigenvalue weighted by Crippen LogP contribution is 2.43. The van der Waals surface area contributed by atoms with Gasteiger partial charge in [-0.1, -0.05) is 59.4 Å². The number of ether oxygens (including phenoxy) is 1. The zero-order valence-corrected chi connectivity index (χ0v) is 18.4. The predicted molar refractivity (Wildman–Crippen MR) is 129 cm³/mol. The van der Waals surface area contributed by atoms with Crippen molar-refractivity contribution in [2.24, 2.45) is 5.92 Å². The molecule has 2 aromatic carbocycles. The van der Waals surface area contributed by atoms with Crippen LogP contribution in [-0.2, 0) is 6.42 Å². The summed E-state index contributed by atoms with van der Waals surface area (Å²) in [4.78, 5) is 5.06. The Kier molecular flexibility index (Phi) is 7.12. The van der Waals surface area contributed by atoms with Crippen LogP contribution in [0.1, 0.15) is 57.9 Å². The third kappa shape index (κ3) is 4.59. The van der Waals surface area contributed by atoms with Crippen LogP contribution in [0.3, 0.4) is 0 Å². The minimum atomic E-state index is -0.324. The predicted octanol–water partition coefficient (Wildman–Crippen LogP) is 8.06. The molecule has 1 aromatic heterocycles. The van der Waals surface area contributed by atoms with Crippen LogP contribution in [0.2, 0.25) is 0 Å². The van der Waals surface area contributed by atoms with Gasteiger partial charge in [0.15, 0.2) is 0 Å². The van der Waals surface area contributed by atoms with E-state index in [1.165, 1.54) is 24.3 Å². The molecule has 32 heavy (non-hydrogen) atoms. The van der Waals surface area contributed by atoms with Crippen molar-refractivity contribution in [3.8, 4) is 28.1 Å². The number of pyridine rings is 1. The van der Waals surface area contributed by atoms with Crippen molar-refractivity contribution in [1.29, 1.82) is 0 Å². The lowest BCUT2D eigenvalue weighted by Gasteiger charge is -2.21. The van der Waals surface area contributed by atoms with Crippen LogP contribution in [0.4, 0.5) is 8.78 Å². The van der Waals surface area contributed by atoms with Crippen molar-refractivity contribution < 1.29 is 13.5 Å². The van der Waals surface area contributed by atoms with Crippen LogP contribution in [0.15, 0.2) is 48.5 Å². The number of fused-ring (bicyclic) bond motifs is 3. The molecular weight excluding hydrogens is 404 g/mol. The van der Waals surface area contributed by atoms with Crippen molar-refractivity contribution in [1.82, 2.24) is 4.98 Å². The second-order valence-corrected chi connectivity index (χ2v) is 8.62. The Morgan fingerprint density at radius 3 is 2.31 bits per heavy atom. The number of nitrogens with zero attached hydrogens (tertiary/aromatic N) is 1. The maximum atomic E-state index is 14.2. The fourth-order valence-electron chi connectivity index (χ4n) is 4.04. The van der Waals surface area contributed by atoms with Crippen molar-refractivity contribution >= 4 is 6.08 Å². The van der Waals surface area contributed by atoms with Crippen LogP contribution in [0.25, 0.3) is 28.5 Å². The number of halogens is 2. The number of benzene rings is 2. The second-order valence-electron chi connectivity index (χ2n) is 8.62. The molecular formula is C28H31F2NO. The molecule has 4 rings (SSSR count). The highest BCUT2D eigenvalue weighted by atomic mass is 19.1. The number of hydrogen-bond acceptors (Lipinski definition) is 2. The fourth-order valence-corrected chi connectivity index (χ4v) is 4.04. The maximum Gasteiger partial charge on any atom is 0.128 e. The molecule has 168 valence electrons. The lowest BCUT2D eigenvalue weighted by atomic mass is 9.86. The van der Waals surface area contributed by atoms with Crippen molar-refractivity contribution in [3.05, 3.63) is 77.0 Å². The quantitative estimate of drug-likeness (QED) is 0.413. The first-order valence-electron chi connectivity index (χ1n) is 10.8. The Bertz CT molecular complexity index is 1130. The van der Waals surface area contributed by atoms with Crippen LogP contribution < -0.4 is 4.74 Å². The van der Waals surface area contributed by atoms with Gasteiger partial charge in [0.25, 0.3) is 0 Å². The standard InChI is InChI=1S/C27H27F2NO.CH4/c1-16(2)5-11-21-25(18-6-8-19(28)9-7-18)22-13-14-31-24-12-10-20(29)15-23(24)27(22)30-26(21)17(3)4;/h5-12,15-17H,13-14H2,1-4H3;1H4/b11-5+;. The maximum absolute atomic E-state index is 14.2. The number of allylic oxidation sites excluding steroid dienone is 1. The number of hydrogen-bond donors (Lipinski definition) is 0. The number of aromatic nitrogens is 1. The van der Waals surface area contributed by atoms with E-state index in [1.807, 2.05) is 0 Å². The fraction of sp³-hybridized carbons (Fsp3) is 0.321. The topological polar surface area (TPSA) is 22.1 Å². The van der Waals surface area contributed by atoms with E-state index in [0.717, 1.165) is 33.6 Å². The van der Waals surface area contributed by atoms with Crippen LogP contribution in [0.5, 0.6) is 5.75 Å². The van der Waals surface area contributed by atoms with Gasteiger partial charge in [-0.2, -0.15) is 0 Å². The summed E-state index contributed by atoms with van der Waals surface area (Å²) in [6.07, 6.45) is 4.92. The minimum absolute atomic E-state index is 0. The Morgan fingerprint density at radius 1 is 0.969 bits per heavy atom. The number of rotatable bonds is 4. The highest BCUT2D eigenvalue weighted by Gasteiger charge is 2.26. The highest BCUT2D eigenvalue weighted by molar-refractivity contribution is 5.86. The lowest BCUT2D eigenvalue weighted by Crippen LogP contribution is -2.08. The first kappa shape index (κ1) is 23.6. The third-order valence-corrected chi connectivity index (χ3v) is 5.50. The van der Waals surface area contributed by atoms with Crippen LogP contribution >= 0.6 is 0 Å². The van der Waals surface area contributed by atoms with E-state index in [0.29, 0.717) is 30.3 Å². The molecule has 0 saturated carbocycles. The van der Waals surface area contributed by atoms with Gasteiger partial charge in [-0.15, -0.1) is 0 Å². The van der Waals surface area contributed by atoms with Crippen molar-refractivity contribution in [2.75, 3.05) is 6.61 Å². The Hall–Kier alpha value is -3.01. The molecule has 0 unspecified atom stereocenters. The summed E-state index contributed by atoms with van der Waals surface area (Å²) in [5.41, 5.74) is 6.33. The van der Waals surface area contributed by atoms with Gasteiger partial charge in [-0.3, -0.25) is 4.98 Å². The molecule has 0 atom stereocenters. The minimum Gasteiger partial charge on any atom is -0.493 e. The van der Waals surface area contributed by atoms with Gasteiger partial charge >= 0.3 is 0 Å². The normalized spacial score (nSPS) is 12.9. The van der Waals surface area contributed by atoms with Gasteiger partial charge in [0.2, 0.25) is 0 Å². The summed E-state index contributed by atoms with van der Waals surface area (Å²) in [7, 11) is 0. The Morgan fingerprint density at radius 2 is 1.66 bits per heavy atom. The summed E-state index contributed by atoms with van der Waals surface area (Å²) in [5.74, 6) is 0.562. The molecule has 0 amide bonds. The SMILES string of the molecule is C.CC(C)/C=C/c1c(C(C)C)nc2c(c1-c1ccc(F)cc1)CCOc1ccc(F)cc1-2. The van der Waals surface area contributed by atoms with Crippen molar-refractivity contribution in [3.63, 3.8) is 0 Å². The van der Waals surface area contributed by atoms with Gasteiger partial charge in [-0.05, 0) is 58.9 Å². The van der Waals surface area contributed by atoms with Gasteiger partial charge in [-0.25, -0.2) is 8.78 Å². The molecule has 0 bridgehead atoms. The molecule has 0 saturated heterocycles. The van der Waals surface area contributed by atoms with E-state index in [-0.39, 0.29) is 25.0 Å². The molecule has 2 nitrogen and oxygen atoms in total. The molecule has 1 aliphatic heterocycles. The van der Waals surface area contributed by atoms with E-state index < -0.39 is 0 Å². The summed E-state index contributed by atoms with van der Waals surface area (Å²) < 4.78 is 33.9. The van der Waals surface area contributed by atoms with Crippen LogP contribution in [-0.4, -0.2) is 11.6 Å². The third-order valence-electron chi connectivity index (χ3n) is 5.50. The smallest absolute Gasteiger partial charge is 0.128 e. The van der Waals surface area contributed by atoms with Gasteiger partial charge < -0.3 is 4.74 Å². The summed E-state index contributed by atoms with van der Waals surface area (Å²) in [6.45, 7) is 8.95. The monoisotopic (exact) mass is 435 g/mol. The zero-order chi connectivity index (χ0) is 22.1. The van der Waals surface area contributed by atoms with E-state index >= 15 is 0 Å². The van der Waals surface area contributed by atoms with E-state index in [4.69, 9.17) is 9.72 Å². The Labute approximate surface area is 190 Å². The first-order chi connectivity index (χ1) is 14.8. The van der Waals surface area contributed by atoms with Gasteiger partial charge in [0, 0.05) is 17.5 Å².